The molecule has 0 radical (unpaired) electrons. The second kappa shape index (κ2) is 11.8. The van der Waals surface area contributed by atoms with Crippen LogP contribution in [0.25, 0.3) is 0 Å². The van der Waals surface area contributed by atoms with Crippen LogP contribution in [0, 0.1) is 5.82 Å². The van der Waals surface area contributed by atoms with Crippen LogP contribution in [-0.2, 0) is 37.2 Å². The first-order chi connectivity index (χ1) is 18.5. The van der Waals surface area contributed by atoms with E-state index < -0.39 is 40.6 Å². The Morgan fingerprint density at radius 2 is 1.77 bits per heavy atom. The summed E-state index contributed by atoms with van der Waals surface area (Å²) in [6.45, 7) is -0.0300. The van der Waals surface area contributed by atoms with E-state index in [0.29, 0.717) is 19.2 Å². The lowest BCUT2D eigenvalue weighted by atomic mass is 10.1. The van der Waals surface area contributed by atoms with Crippen molar-refractivity contribution >= 4 is 17.5 Å². The van der Waals surface area contributed by atoms with Crippen LogP contribution < -0.4 is 10.9 Å². The summed E-state index contributed by atoms with van der Waals surface area (Å²) in [4.78, 5) is 24.8. The number of pyridine rings is 1. The van der Waals surface area contributed by atoms with E-state index in [1.165, 1.54) is 24.1 Å². The number of rotatable bonds is 9. The molecule has 0 aliphatic heterocycles. The third-order valence-electron chi connectivity index (χ3n) is 5.87. The molecule has 0 unspecified atom stereocenters. The Balaban J connectivity index is 1.49. The highest BCUT2D eigenvalue weighted by Gasteiger charge is 2.35. The van der Waals surface area contributed by atoms with Crippen molar-refractivity contribution < 1.29 is 27.1 Å². The minimum atomic E-state index is -4.86. The average molecular weight is 563 g/mol. The number of ether oxygens (including phenoxy) is 1. The van der Waals surface area contributed by atoms with Crippen LogP contribution in [0.3, 0.4) is 0 Å². The zero-order valence-electron chi connectivity index (χ0n) is 20.6. The first-order valence-corrected chi connectivity index (χ1v) is 12.0. The standard InChI is InChI=1S/C27H23ClF4N4O3/c1-39-16-24-21(26(38)33-12-20-22(27(30,31)32)10-19(28)11-23(20)29)15-36(34-24)14-18-7-5-17(6-8-18)13-35-9-3-2-4-25(35)37/h2-11,15H,12-14,16H2,1H3,(H,33,38). The molecule has 39 heavy (non-hydrogen) atoms. The summed E-state index contributed by atoms with van der Waals surface area (Å²) >= 11 is 5.60. The Kier molecular flexibility index (Phi) is 8.51. The van der Waals surface area contributed by atoms with Crippen LogP contribution in [0.15, 0.2) is 71.8 Å². The maximum atomic E-state index is 14.3. The van der Waals surface area contributed by atoms with Crippen LogP contribution in [-0.4, -0.2) is 27.4 Å². The minimum Gasteiger partial charge on any atom is -0.378 e. The van der Waals surface area contributed by atoms with Gasteiger partial charge in [-0.25, -0.2) is 4.39 Å². The van der Waals surface area contributed by atoms with E-state index in [0.717, 1.165) is 17.2 Å². The fourth-order valence-corrected chi connectivity index (χ4v) is 4.21. The summed E-state index contributed by atoms with van der Waals surface area (Å²) in [7, 11) is 1.41. The zero-order valence-corrected chi connectivity index (χ0v) is 21.4. The van der Waals surface area contributed by atoms with Crippen molar-refractivity contribution in [3.05, 3.63) is 122 Å². The number of amides is 1. The van der Waals surface area contributed by atoms with E-state index in [-0.39, 0.29) is 23.4 Å². The van der Waals surface area contributed by atoms with Gasteiger partial charge in [-0.3, -0.25) is 14.3 Å². The highest BCUT2D eigenvalue weighted by Crippen LogP contribution is 2.35. The Hall–Kier alpha value is -3.96. The van der Waals surface area contributed by atoms with Crippen LogP contribution in [0.4, 0.5) is 17.6 Å². The quantitative estimate of drug-likeness (QED) is 0.290. The van der Waals surface area contributed by atoms with Crippen LogP contribution in [0.1, 0.15) is 38.3 Å². The number of alkyl halides is 3. The lowest BCUT2D eigenvalue weighted by Gasteiger charge is -2.15. The SMILES string of the molecule is COCc1nn(Cc2ccc(Cn3ccccc3=O)cc2)cc1C(=O)NCc1c(F)cc(Cl)cc1C(F)(F)F. The van der Waals surface area contributed by atoms with Gasteiger partial charge in [-0.2, -0.15) is 18.3 Å². The van der Waals surface area contributed by atoms with Crippen molar-refractivity contribution in [2.75, 3.05) is 7.11 Å². The summed E-state index contributed by atoms with van der Waals surface area (Å²) in [5, 5.41) is 6.31. The van der Waals surface area contributed by atoms with Gasteiger partial charge in [0.05, 0.1) is 30.8 Å². The maximum Gasteiger partial charge on any atom is 0.416 e. The lowest BCUT2D eigenvalue weighted by molar-refractivity contribution is -0.138. The van der Waals surface area contributed by atoms with Gasteiger partial charge in [0.15, 0.2) is 0 Å². The molecule has 0 spiro atoms. The predicted molar refractivity (Wildman–Crippen MR) is 136 cm³/mol. The maximum absolute atomic E-state index is 14.3. The number of hydrogen-bond donors (Lipinski definition) is 1. The summed E-state index contributed by atoms with van der Waals surface area (Å²) < 4.78 is 62.7. The van der Waals surface area contributed by atoms with Gasteiger partial charge in [-0.05, 0) is 29.3 Å². The normalized spacial score (nSPS) is 11.5. The van der Waals surface area contributed by atoms with E-state index >= 15 is 0 Å². The molecule has 4 aromatic rings. The second-order valence-electron chi connectivity index (χ2n) is 8.70. The highest BCUT2D eigenvalue weighted by atomic mass is 35.5. The van der Waals surface area contributed by atoms with E-state index in [1.807, 2.05) is 24.3 Å². The second-order valence-corrected chi connectivity index (χ2v) is 9.13. The molecule has 0 bridgehead atoms. The number of methoxy groups -OCH3 is 1. The topological polar surface area (TPSA) is 78.2 Å². The lowest BCUT2D eigenvalue weighted by Crippen LogP contribution is -2.26. The Labute approximate surface area is 225 Å². The minimum absolute atomic E-state index is 0.0242. The molecule has 1 amide bonds. The van der Waals surface area contributed by atoms with Crippen molar-refractivity contribution in [1.82, 2.24) is 19.7 Å². The molecule has 2 heterocycles. The van der Waals surface area contributed by atoms with Gasteiger partial charge >= 0.3 is 6.18 Å². The summed E-state index contributed by atoms with van der Waals surface area (Å²) in [5.41, 5.74) is 0.0292. The predicted octanol–water partition coefficient (Wildman–Crippen LogP) is 5.03. The average Bonchev–Trinajstić information content (AvgIpc) is 3.27. The molecule has 0 saturated heterocycles. The number of benzene rings is 2. The number of carbonyl (C=O) groups excluding carboxylic acids is 1. The third kappa shape index (κ3) is 6.92. The molecule has 7 nitrogen and oxygen atoms in total. The van der Waals surface area contributed by atoms with Gasteiger partial charge in [-0.1, -0.05) is 41.9 Å². The zero-order chi connectivity index (χ0) is 28.2. The molecule has 2 aromatic carbocycles. The molecule has 0 atom stereocenters. The number of aromatic nitrogens is 3. The van der Waals surface area contributed by atoms with E-state index in [9.17, 15) is 27.2 Å². The first-order valence-electron chi connectivity index (χ1n) is 11.7. The summed E-state index contributed by atoms with van der Waals surface area (Å²) in [6, 6.07) is 13.8. The molecule has 4 rings (SSSR count). The van der Waals surface area contributed by atoms with Crippen molar-refractivity contribution in [2.45, 2.75) is 32.4 Å². The fourth-order valence-electron chi connectivity index (χ4n) is 4.00. The highest BCUT2D eigenvalue weighted by molar-refractivity contribution is 6.30. The van der Waals surface area contributed by atoms with Gasteiger partial charge < -0.3 is 14.6 Å². The summed E-state index contributed by atoms with van der Waals surface area (Å²) in [5.74, 6) is -1.91. The third-order valence-corrected chi connectivity index (χ3v) is 6.09. The van der Waals surface area contributed by atoms with Crippen LogP contribution in [0.5, 0.6) is 0 Å². The Morgan fingerprint density at radius 3 is 2.41 bits per heavy atom. The Morgan fingerprint density at radius 1 is 1.08 bits per heavy atom. The number of carbonyl (C=O) groups is 1. The fraction of sp³-hybridized carbons (Fsp3) is 0.222. The summed E-state index contributed by atoms with van der Waals surface area (Å²) in [6.07, 6.45) is -1.70. The molecule has 0 aliphatic carbocycles. The number of nitrogens with zero attached hydrogens (tertiary/aromatic N) is 3. The van der Waals surface area contributed by atoms with E-state index in [4.69, 9.17) is 16.3 Å². The van der Waals surface area contributed by atoms with Gasteiger partial charge in [-0.15, -0.1) is 0 Å². The van der Waals surface area contributed by atoms with Crippen molar-refractivity contribution in [3.63, 3.8) is 0 Å². The molecule has 2 aromatic heterocycles. The van der Waals surface area contributed by atoms with E-state index in [1.54, 1.807) is 22.9 Å². The van der Waals surface area contributed by atoms with Gasteiger partial charge in [0.2, 0.25) is 0 Å². The molecular weight excluding hydrogens is 540 g/mol. The van der Waals surface area contributed by atoms with Crippen molar-refractivity contribution in [2.24, 2.45) is 0 Å². The van der Waals surface area contributed by atoms with Gasteiger partial charge in [0.1, 0.15) is 11.5 Å². The largest absolute Gasteiger partial charge is 0.416 e. The van der Waals surface area contributed by atoms with Gasteiger partial charge in [0, 0.05) is 42.7 Å². The molecule has 204 valence electrons. The Bertz CT molecular complexity index is 1530. The van der Waals surface area contributed by atoms with Gasteiger partial charge in [0.25, 0.3) is 11.5 Å². The number of hydrogen-bond acceptors (Lipinski definition) is 4. The number of halogens is 5. The van der Waals surface area contributed by atoms with Crippen LogP contribution in [0.2, 0.25) is 5.02 Å². The van der Waals surface area contributed by atoms with Crippen LogP contribution >= 0.6 is 11.6 Å². The number of nitrogens with one attached hydrogen (secondary N) is 1. The van der Waals surface area contributed by atoms with Crippen molar-refractivity contribution in [3.8, 4) is 0 Å². The molecule has 0 aliphatic rings. The van der Waals surface area contributed by atoms with E-state index in [2.05, 4.69) is 10.4 Å². The monoisotopic (exact) mass is 562 g/mol. The smallest absolute Gasteiger partial charge is 0.378 e. The molecule has 12 heteroatoms. The molecule has 0 saturated carbocycles. The molecule has 0 fully saturated rings. The molecular formula is C27H23ClF4N4O3. The first kappa shape index (κ1) is 28.1. The molecule has 1 N–H and O–H groups in total. The van der Waals surface area contributed by atoms with Crippen molar-refractivity contribution in [1.29, 1.82) is 0 Å².